The third-order valence-corrected chi connectivity index (χ3v) is 6.08. The number of carboxylic acids is 1. The molecule has 1 heterocycles. The first-order valence-corrected chi connectivity index (χ1v) is 11.5. The SMILES string of the molecule is CCN(CCC(=O)O)C(=O)Cc1ccc(NC(=O)OCC2c3ccccc3-c3ccccc32)cn1. The van der Waals surface area contributed by atoms with E-state index in [1.54, 1.807) is 19.1 Å². The number of aliphatic carboxylic acids is 1. The lowest BCUT2D eigenvalue weighted by atomic mass is 9.98. The van der Waals surface area contributed by atoms with Crippen molar-refractivity contribution in [2.24, 2.45) is 0 Å². The number of anilines is 1. The average molecular weight is 474 g/mol. The van der Waals surface area contributed by atoms with Crippen LogP contribution in [0.3, 0.4) is 0 Å². The zero-order valence-electron chi connectivity index (χ0n) is 19.4. The fourth-order valence-corrected chi connectivity index (χ4v) is 4.31. The van der Waals surface area contributed by atoms with Crippen LogP contribution in [0, 0.1) is 0 Å². The molecule has 0 fully saturated rings. The van der Waals surface area contributed by atoms with Gasteiger partial charge in [0.15, 0.2) is 0 Å². The number of carbonyl (C=O) groups is 3. The third-order valence-electron chi connectivity index (χ3n) is 6.08. The second-order valence-electron chi connectivity index (χ2n) is 8.28. The molecule has 0 saturated heterocycles. The number of hydrogen-bond acceptors (Lipinski definition) is 5. The second kappa shape index (κ2) is 10.8. The topological polar surface area (TPSA) is 109 Å². The van der Waals surface area contributed by atoms with E-state index >= 15 is 0 Å². The summed E-state index contributed by atoms with van der Waals surface area (Å²) in [6, 6.07) is 19.6. The summed E-state index contributed by atoms with van der Waals surface area (Å²) in [5.41, 5.74) is 5.59. The molecule has 180 valence electrons. The Bertz CT molecular complexity index is 1180. The van der Waals surface area contributed by atoms with Gasteiger partial charge in [0.1, 0.15) is 6.61 Å². The summed E-state index contributed by atoms with van der Waals surface area (Å²) >= 11 is 0. The molecule has 0 saturated carbocycles. The summed E-state index contributed by atoms with van der Waals surface area (Å²) in [4.78, 5) is 41.3. The van der Waals surface area contributed by atoms with Gasteiger partial charge in [-0.15, -0.1) is 0 Å². The van der Waals surface area contributed by atoms with Gasteiger partial charge in [-0.3, -0.25) is 19.9 Å². The van der Waals surface area contributed by atoms with Crippen LogP contribution in [0.5, 0.6) is 0 Å². The van der Waals surface area contributed by atoms with Crippen LogP contribution in [0.25, 0.3) is 11.1 Å². The first kappa shape index (κ1) is 23.9. The fraction of sp³-hybridized carbons (Fsp3) is 0.259. The molecule has 0 aliphatic heterocycles. The van der Waals surface area contributed by atoms with E-state index in [9.17, 15) is 14.4 Å². The minimum atomic E-state index is -0.946. The lowest BCUT2D eigenvalue weighted by Crippen LogP contribution is -2.34. The van der Waals surface area contributed by atoms with Crippen LogP contribution in [-0.2, 0) is 20.7 Å². The maximum atomic E-state index is 12.4. The molecule has 8 nitrogen and oxygen atoms in total. The van der Waals surface area contributed by atoms with Crippen LogP contribution >= 0.6 is 0 Å². The minimum Gasteiger partial charge on any atom is -0.481 e. The van der Waals surface area contributed by atoms with E-state index < -0.39 is 12.1 Å². The number of fused-ring (bicyclic) bond motifs is 3. The Hall–Kier alpha value is -4.20. The zero-order chi connectivity index (χ0) is 24.8. The molecule has 0 radical (unpaired) electrons. The van der Waals surface area contributed by atoms with Crippen molar-refractivity contribution < 1.29 is 24.2 Å². The Labute approximate surface area is 203 Å². The molecule has 0 unspecified atom stereocenters. The van der Waals surface area contributed by atoms with E-state index in [0.29, 0.717) is 17.9 Å². The number of pyridine rings is 1. The van der Waals surface area contributed by atoms with Crippen molar-refractivity contribution in [3.8, 4) is 11.1 Å². The van der Waals surface area contributed by atoms with Crippen LogP contribution < -0.4 is 5.32 Å². The maximum Gasteiger partial charge on any atom is 0.411 e. The Morgan fingerprint density at radius 2 is 1.66 bits per heavy atom. The number of hydrogen-bond donors (Lipinski definition) is 2. The van der Waals surface area contributed by atoms with Crippen LogP contribution in [0.1, 0.15) is 36.1 Å². The molecule has 2 amide bonds. The smallest absolute Gasteiger partial charge is 0.411 e. The van der Waals surface area contributed by atoms with Gasteiger partial charge in [0.25, 0.3) is 0 Å². The molecule has 0 atom stereocenters. The molecule has 35 heavy (non-hydrogen) atoms. The highest BCUT2D eigenvalue weighted by Crippen LogP contribution is 2.44. The summed E-state index contributed by atoms with van der Waals surface area (Å²) < 4.78 is 5.54. The van der Waals surface area contributed by atoms with E-state index in [1.165, 1.54) is 11.1 Å². The summed E-state index contributed by atoms with van der Waals surface area (Å²) in [5.74, 6) is -1.17. The maximum absolute atomic E-state index is 12.4. The summed E-state index contributed by atoms with van der Waals surface area (Å²) in [5, 5.41) is 11.5. The van der Waals surface area contributed by atoms with Crippen LogP contribution in [-0.4, -0.2) is 52.7 Å². The first-order chi connectivity index (χ1) is 17.0. The summed E-state index contributed by atoms with van der Waals surface area (Å²) in [6.45, 7) is 2.59. The Kier molecular flexibility index (Phi) is 7.40. The van der Waals surface area contributed by atoms with E-state index in [2.05, 4.69) is 34.6 Å². The van der Waals surface area contributed by atoms with E-state index in [0.717, 1.165) is 22.3 Å². The van der Waals surface area contributed by atoms with Gasteiger partial charge in [0.2, 0.25) is 5.91 Å². The molecule has 4 rings (SSSR count). The predicted molar refractivity (Wildman–Crippen MR) is 131 cm³/mol. The molecule has 2 N–H and O–H groups in total. The highest BCUT2D eigenvalue weighted by atomic mass is 16.5. The van der Waals surface area contributed by atoms with Gasteiger partial charge in [0, 0.05) is 24.7 Å². The lowest BCUT2D eigenvalue weighted by molar-refractivity contribution is -0.138. The van der Waals surface area contributed by atoms with Gasteiger partial charge in [-0.2, -0.15) is 0 Å². The predicted octanol–water partition coefficient (Wildman–Crippen LogP) is 4.31. The lowest BCUT2D eigenvalue weighted by Gasteiger charge is -2.19. The van der Waals surface area contributed by atoms with E-state index in [1.807, 2.05) is 24.3 Å². The molecular weight excluding hydrogens is 446 g/mol. The number of nitrogens with one attached hydrogen (secondary N) is 1. The monoisotopic (exact) mass is 473 g/mol. The number of ether oxygens (including phenoxy) is 1. The average Bonchev–Trinajstić information content (AvgIpc) is 3.18. The van der Waals surface area contributed by atoms with Crippen molar-refractivity contribution in [1.29, 1.82) is 0 Å². The molecule has 8 heteroatoms. The number of likely N-dealkylation sites (N-methyl/N-ethyl adjacent to an activating group) is 1. The Balaban J connectivity index is 1.32. The van der Waals surface area contributed by atoms with Crippen LogP contribution in [0.2, 0.25) is 0 Å². The van der Waals surface area contributed by atoms with Crippen molar-refractivity contribution in [2.45, 2.75) is 25.7 Å². The van der Waals surface area contributed by atoms with Gasteiger partial charge in [0.05, 0.1) is 24.7 Å². The fourth-order valence-electron chi connectivity index (χ4n) is 4.31. The van der Waals surface area contributed by atoms with Gasteiger partial charge >= 0.3 is 12.1 Å². The standard InChI is InChI=1S/C27H27N3O5/c1-2-30(14-13-26(32)33)25(31)15-18-11-12-19(16-28-18)29-27(34)35-17-24-22-9-5-3-7-20(22)21-8-4-6-10-23(21)24/h3-12,16,24H,2,13-15,17H2,1H3,(H,29,34)(H,32,33). The van der Waals surface area contributed by atoms with Crippen molar-refractivity contribution in [3.05, 3.63) is 83.7 Å². The Morgan fingerprint density at radius 3 is 2.23 bits per heavy atom. The normalized spacial score (nSPS) is 11.9. The van der Waals surface area contributed by atoms with Crippen molar-refractivity contribution in [2.75, 3.05) is 25.0 Å². The largest absolute Gasteiger partial charge is 0.481 e. The highest BCUT2D eigenvalue weighted by Gasteiger charge is 2.29. The Morgan fingerprint density at radius 1 is 1.00 bits per heavy atom. The van der Waals surface area contributed by atoms with Crippen LogP contribution in [0.4, 0.5) is 10.5 Å². The van der Waals surface area contributed by atoms with Gasteiger partial charge < -0.3 is 14.7 Å². The number of carbonyl (C=O) groups excluding carboxylic acids is 2. The zero-order valence-corrected chi connectivity index (χ0v) is 19.4. The van der Waals surface area contributed by atoms with Gasteiger partial charge in [-0.25, -0.2) is 4.79 Å². The quantitative estimate of drug-likeness (QED) is 0.479. The summed E-state index contributed by atoms with van der Waals surface area (Å²) in [6.07, 6.45) is 0.843. The van der Waals surface area contributed by atoms with Crippen molar-refractivity contribution in [3.63, 3.8) is 0 Å². The molecule has 1 aromatic heterocycles. The minimum absolute atomic E-state index is 0.0256. The third kappa shape index (κ3) is 5.66. The highest BCUT2D eigenvalue weighted by molar-refractivity contribution is 5.85. The number of benzene rings is 2. The van der Waals surface area contributed by atoms with E-state index in [-0.39, 0.29) is 37.8 Å². The molecular formula is C27H27N3O5. The van der Waals surface area contributed by atoms with Crippen LogP contribution in [0.15, 0.2) is 66.9 Å². The van der Waals surface area contributed by atoms with Gasteiger partial charge in [-0.05, 0) is 41.3 Å². The molecule has 1 aliphatic rings. The van der Waals surface area contributed by atoms with E-state index in [4.69, 9.17) is 9.84 Å². The van der Waals surface area contributed by atoms with Crippen molar-refractivity contribution >= 4 is 23.7 Å². The van der Waals surface area contributed by atoms with Gasteiger partial charge in [-0.1, -0.05) is 48.5 Å². The number of aromatic nitrogens is 1. The first-order valence-electron chi connectivity index (χ1n) is 11.5. The van der Waals surface area contributed by atoms with Crippen molar-refractivity contribution in [1.82, 2.24) is 9.88 Å². The number of rotatable bonds is 9. The molecule has 0 spiro atoms. The molecule has 3 aromatic rings. The molecule has 1 aliphatic carbocycles. The second-order valence-corrected chi connectivity index (χ2v) is 8.28. The number of amides is 2. The summed E-state index contributed by atoms with van der Waals surface area (Å²) in [7, 11) is 0. The molecule has 0 bridgehead atoms. The number of carboxylic acid groups (broad SMARTS) is 1. The number of nitrogens with zero attached hydrogens (tertiary/aromatic N) is 2. The molecule has 2 aromatic carbocycles.